The number of carbonyl (C=O) groups excluding carboxylic acids is 1. The largest absolute Gasteiger partial charge is 0.493 e. The molecule has 3 rings (SSSR count). The van der Waals surface area contributed by atoms with Crippen molar-refractivity contribution in [1.82, 2.24) is 29.4 Å². The first kappa shape index (κ1) is 25.4. The summed E-state index contributed by atoms with van der Waals surface area (Å²) in [5.41, 5.74) is 1.87. The molecule has 0 spiro atoms. The molecule has 0 aliphatic rings. The molecule has 0 bridgehead atoms. The predicted octanol–water partition coefficient (Wildman–Crippen LogP) is 3.04. The smallest absolute Gasteiger partial charge is 0.277 e. The van der Waals surface area contributed by atoms with Gasteiger partial charge in [0.2, 0.25) is 5.91 Å². The maximum atomic E-state index is 13.0. The summed E-state index contributed by atoms with van der Waals surface area (Å²) in [6.45, 7) is 10.6. The molecule has 1 aromatic carbocycles. The molecule has 0 radical (unpaired) electrons. The second kappa shape index (κ2) is 9.97. The monoisotopic (exact) mass is 468 g/mol. The molecule has 184 valence electrons. The molecule has 0 atom stereocenters. The summed E-state index contributed by atoms with van der Waals surface area (Å²) in [5, 5.41) is 4.75. The molecule has 0 aliphatic carbocycles. The molecule has 0 saturated carbocycles. The topological polar surface area (TPSA) is 95.8 Å². The highest BCUT2D eigenvalue weighted by Crippen LogP contribution is 2.30. The van der Waals surface area contributed by atoms with Crippen molar-refractivity contribution >= 4 is 11.4 Å². The predicted molar refractivity (Wildman–Crippen MR) is 133 cm³/mol. The van der Waals surface area contributed by atoms with E-state index < -0.39 is 5.54 Å². The summed E-state index contributed by atoms with van der Waals surface area (Å²) >= 11 is 0. The number of amides is 1. The highest BCUT2D eigenvalue weighted by atomic mass is 16.5. The molecule has 1 amide bonds. The fraction of sp³-hybridized carbons (Fsp3) is 0.520. The van der Waals surface area contributed by atoms with Crippen molar-refractivity contribution in [3.8, 4) is 17.1 Å². The van der Waals surface area contributed by atoms with Gasteiger partial charge in [0.05, 0.1) is 23.4 Å². The summed E-state index contributed by atoms with van der Waals surface area (Å²) in [7, 11) is 5.44. The van der Waals surface area contributed by atoms with Gasteiger partial charge >= 0.3 is 0 Å². The maximum absolute atomic E-state index is 13.0. The average molecular weight is 469 g/mol. The average Bonchev–Trinajstić information content (AvgIpc) is 3.10. The minimum Gasteiger partial charge on any atom is -0.493 e. The zero-order valence-electron chi connectivity index (χ0n) is 21.5. The van der Waals surface area contributed by atoms with Crippen LogP contribution in [0.5, 0.6) is 5.75 Å². The molecule has 9 heteroatoms. The summed E-state index contributed by atoms with van der Waals surface area (Å²) in [6.07, 6.45) is 1.62. The number of hydrogen-bond donors (Lipinski definition) is 1. The number of H-pyrrole nitrogens is 1. The third-order valence-electron chi connectivity index (χ3n) is 6.12. The molecule has 0 unspecified atom stereocenters. The van der Waals surface area contributed by atoms with E-state index >= 15 is 0 Å². The Morgan fingerprint density at radius 2 is 1.91 bits per heavy atom. The van der Waals surface area contributed by atoms with E-state index in [2.05, 4.69) is 16.9 Å². The van der Waals surface area contributed by atoms with Crippen LogP contribution in [0, 0.1) is 6.92 Å². The van der Waals surface area contributed by atoms with Gasteiger partial charge in [0, 0.05) is 27.1 Å². The van der Waals surface area contributed by atoms with Gasteiger partial charge in [-0.2, -0.15) is 0 Å². The first-order valence-corrected chi connectivity index (χ1v) is 11.7. The maximum Gasteiger partial charge on any atom is 0.277 e. The number of hydrogen-bond acceptors (Lipinski definition) is 6. The van der Waals surface area contributed by atoms with Gasteiger partial charge in [0.15, 0.2) is 11.3 Å². The SMILES string of the molecule is CCCc1nc(C)c2c(=O)[nH]c(-c3cc(CN(C)C(C)(C)C(=O)N(C)C)ccc3OCC)nn12. The number of aryl methyl sites for hydroxylation is 2. The summed E-state index contributed by atoms with van der Waals surface area (Å²) < 4.78 is 7.52. The number of rotatable bonds is 9. The van der Waals surface area contributed by atoms with E-state index in [0.29, 0.717) is 41.5 Å². The van der Waals surface area contributed by atoms with Gasteiger partial charge < -0.3 is 14.6 Å². The van der Waals surface area contributed by atoms with Gasteiger partial charge in [-0.05, 0) is 58.9 Å². The Bertz CT molecular complexity index is 1240. The summed E-state index contributed by atoms with van der Waals surface area (Å²) in [6, 6.07) is 5.83. The van der Waals surface area contributed by atoms with Crippen molar-refractivity contribution in [3.63, 3.8) is 0 Å². The second-order valence-electron chi connectivity index (χ2n) is 9.30. The van der Waals surface area contributed by atoms with Crippen LogP contribution >= 0.6 is 0 Å². The highest BCUT2D eigenvalue weighted by molar-refractivity contribution is 5.85. The lowest BCUT2D eigenvalue weighted by atomic mass is 10.00. The molecule has 1 N–H and O–H groups in total. The molecule has 9 nitrogen and oxygen atoms in total. The molecule has 0 aliphatic heterocycles. The molecule has 2 aromatic heterocycles. The van der Waals surface area contributed by atoms with Crippen molar-refractivity contribution < 1.29 is 9.53 Å². The van der Waals surface area contributed by atoms with Crippen LogP contribution in [0.25, 0.3) is 16.9 Å². The van der Waals surface area contributed by atoms with E-state index in [0.717, 1.165) is 24.2 Å². The first-order chi connectivity index (χ1) is 16.0. The van der Waals surface area contributed by atoms with Gasteiger partial charge in [-0.3, -0.25) is 14.5 Å². The van der Waals surface area contributed by atoms with Crippen LogP contribution in [0.1, 0.15) is 51.2 Å². The molecule has 2 heterocycles. The van der Waals surface area contributed by atoms with Crippen LogP contribution in [0.15, 0.2) is 23.0 Å². The van der Waals surface area contributed by atoms with E-state index in [1.165, 1.54) is 0 Å². The Balaban J connectivity index is 2.08. The van der Waals surface area contributed by atoms with E-state index in [1.807, 2.05) is 57.8 Å². The van der Waals surface area contributed by atoms with E-state index in [4.69, 9.17) is 9.84 Å². The van der Waals surface area contributed by atoms with E-state index in [9.17, 15) is 9.59 Å². The van der Waals surface area contributed by atoms with Gasteiger partial charge in [0.1, 0.15) is 11.6 Å². The van der Waals surface area contributed by atoms with Crippen LogP contribution in [0.4, 0.5) is 0 Å². The normalized spacial score (nSPS) is 11.9. The van der Waals surface area contributed by atoms with Gasteiger partial charge in [-0.25, -0.2) is 9.50 Å². The molecular weight excluding hydrogens is 432 g/mol. The van der Waals surface area contributed by atoms with Gasteiger partial charge in [-0.15, -0.1) is 5.10 Å². The highest BCUT2D eigenvalue weighted by Gasteiger charge is 2.33. The number of aromatic amines is 1. The Kier molecular flexibility index (Phi) is 7.45. The summed E-state index contributed by atoms with van der Waals surface area (Å²) in [5.74, 6) is 1.84. The summed E-state index contributed by atoms with van der Waals surface area (Å²) in [4.78, 5) is 36.7. The van der Waals surface area contributed by atoms with Crippen molar-refractivity contribution in [3.05, 3.63) is 45.6 Å². The van der Waals surface area contributed by atoms with Crippen molar-refractivity contribution in [2.24, 2.45) is 0 Å². The van der Waals surface area contributed by atoms with E-state index in [1.54, 1.807) is 23.5 Å². The zero-order valence-corrected chi connectivity index (χ0v) is 21.5. The molecular formula is C25H36N6O3. The lowest BCUT2D eigenvalue weighted by Gasteiger charge is -2.36. The number of fused-ring (bicyclic) bond motifs is 1. The van der Waals surface area contributed by atoms with Crippen LogP contribution in [-0.2, 0) is 17.8 Å². The fourth-order valence-electron chi connectivity index (χ4n) is 4.07. The fourth-order valence-corrected chi connectivity index (χ4v) is 4.07. The quantitative estimate of drug-likeness (QED) is 0.519. The lowest BCUT2D eigenvalue weighted by molar-refractivity contribution is -0.139. The number of imidazole rings is 1. The van der Waals surface area contributed by atoms with Gasteiger partial charge in [0.25, 0.3) is 5.56 Å². The number of ether oxygens (including phenoxy) is 1. The zero-order chi connectivity index (χ0) is 25.2. The Morgan fingerprint density at radius 1 is 1.21 bits per heavy atom. The van der Waals surface area contributed by atoms with Crippen LogP contribution in [-0.4, -0.2) is 68.6 Å². The molecule has 3 aromatic rings. The number of likely N-dealkylation sites (N-methyl/N-ethyl adjacent to an activating group) is 2. The van der Waals surface area contributed by atoms with Crippen LogP contribution in [0.3, 0.4) is 0 Å². The minimum absolute atomic E-state index is 0.0246. The minimum atomic E-state index is -0.683. The standard InChI is InChI=1S/C25H36N6O3/c1-9-11-20-26-16(3)21-23(32)27-22(28-31(20)21)18-14-17(12-13-19(18)34-10-2)15-30(8)25(4,5)24(33)29(6)7/h12-14H,9-11,15H2,1-8H3,(H,27,28,32). The number of nitrogens with one attached hydrogen (secondary N) is 1. The first-order valence-electron chi connectivity index (χ1n) is 11.7. The van der Waals surface area contributed by atoms with Crippen LogP contribution in [0.2, 0.25) is 0 Å². The Labute approximate surface area is 200 Å². The Hall–Kier alpha value is -3.20. The second-order valence-corrected chi connectivity index (χ2v) is 9.30. The lowest BCUT2D eigenvalue weighted by Crippen LogP contribution is -2.52. The number of benzene rings is 1. The third-order valence-corrected chi connectivity index (χ3v) is 6.12. The van der Waals surface area contributed by atoms with E-state index in [-0.39, 0.29) is 11.5 Å². The number of carbonyl (C=O) groups is 1. The molecule has 0 saturated heterocycles. The van der Waals surface area contributed by atoms with Crippen molar-refractivity contribution in [1.29, 1.82) is 0 Å². The van der Waals surface area contributed by atoms with Gasteiger partial charge in [-0.1, -0.05) is 13.0 Å². The molecule has 34 heavy (non-hydrogen) atoms. The van der Waals surface area contributed by atoms with Crippen molar-refractivity contribution in [2.75, 3.05) is 27.7 Å². The number of aromatic nitrogens is 4. The van der Waals surface area contributed by atoms with Crippen LogP contribution < -0.4 is 10.3 Å². The number of nitrogens with zero attached hydrogens (tertiary/aromatic N) is 5. The van der Waals surface area contributed by atoms with Crippen molar-refractivity contribution in [2.45, 2.75) is 59.5 Å². The Morgan fingerprint density at radius 3 is 2.53 bits per heavy atom. The molecule has 0 fully saturated rings. The third kappa shape index (κ3) is 4.84.